The van der Waals surface area contributed by atoms with E-state index in [0.717, 1.165) is 10.2 Å². The number of amides is 1. The van der Waals surface area contributed by atoms with Gasteiger partial charge in [0.05, 0.1) is 23.9 Å². The maximum Gasteiger partial charge on any atom is 0.286 e. The number of benzene rings is 2. The number of carbonyl (C=O) groups is 1. The highest BCUT2D eigenvalue weighted by Gasteiger charge is 2.09. The number of thiazole rings is 1. The van der Waals surface area contributed by atoms with E-state index >= 15 is 0 Å². The molecule has 0 atom stereocenters. The molecule has 2 aromatic carbocycles. The van der Waals surface area contributed by atoms with E-state index < -0.39 is 0 Å². The second-order valence-corrected chi connectivity index (χ2v) is 6.45. The molecule has 0 spiro atoms. The standard InChI is InChI=1S/C19H20N2O4S/c1-23-12-11-21-14-7-3-6-10-17(14)26-19(21)20-18(22)13-25-16-9-5-4-8-15(16)24-2/h3-10H,11-13H2,1-2H3. The number of hydrogen-bond acceptors (Lipinski definition) is 5. The SMILES string of the molecule is COCCn1c(=NC(=O)COc2ccccc2OC)sc2ccccc21. The van der Waals surface area contributed by atoms with Crippen LogP contribution in [0.5, 0.6) is 11.5 Å². The maximum absolute atomic E-state index is 12.3. The summed E-state index contributed by atoms with van der Waals surface area (Å²) in [5, 5.41) is 0. The first kappa shape index (κ1) is 18.2. The van der Waals surface area contributed by atoms with E-state index in [4.69, 9.17) is 14.2 Å². The summed E-state index contributed by atoms with van der Waals surface area (Å²) in [6.45, 7) is 1.01. The number of fused-ring (bicyclic) bond motifs is 1. The third-order valence-corrected chi connectivity index (χ3v) is 4.81. The average Bonchev–Trinajstić information content (AvgIpc) is 3.01. The first-order valence-corrected chi connectivity index (χ1v) is 8.95. The van der Waals surface area contributed by atoms with Crippen molar-refractivity contribution in [2.75, 3.05) is 27.4 Å². The second-order valence-electron chi connectivity index (χ2n) is 5.44. The Bertz CT molecular complexity index is 961. The van der Waals surface area contributed by atoms with Crippen molar-refractivity contribution in [2.24, 2.45) is 4.99 Å². The van der Waals surface area contributed by atoms with E-state index in [1.165, 1.54) is 11.3 Å². The highest BCUT2D eigenvalue weighted by molar-refractivity contribution is 7.16. The molecule has 3 rings (SSSR count). The van der Waals surface area contributed by atoms with Crippen LogP contribution >= 0.6 is 11.3 Å². The van der Waals surface area contributed by atoms with E-state index in [2.05, 4.69) is 4.99 Å². The highest BCUT2D eigenvalue weighted by Crippen LogP contribution is 2.25. The monoisotopic (exact) mass is 372 g/mol. The normalized spacial score (nSPS) is 11.7. The van der Waals surface area contributed by atoms with Gasteiger partial charge in [-0.1, -0.05) is 35.6 Å². The summed E-state index contributed by atoms with van der Waals surface area (Å²) >= 11 is 1.47. The molecule has 3 aromatic rings. The summed E-state index contributed by atoms with van der Waals surface area (Å²) in [5.41, 5.74) is 1.03. The second kappa shape index (κ2) is 8.64. The molecule has 0 fully saturated rings. The van der Waals surface area contributed by atoms with E-state index in [1.54, 1.807) is 26.4 Å². The van der Waals surface area contributed by atoms with E-state index in [1.807, 2.05) is 41.0 Å². The number of ether oxygens (including phenoxy) is 3. The topological polar surface area (TPSA) is 62.1 Å². The van der Waals surface area contributed by atoms with Gasteiger partial charge in [-0.3, -0.25) is 4.79 Å². The van der Waals surface area contributed by atoms with Gasteiger partial charge in [-0.05, 0) is 24.3 Å². The lowest BCUT2D eigenvalue weighted by Gasteiger charge is -2.08. The molecule has 1 aromatic heterocycles. The van der Waals surface area contributed by atoms with E-state index in [0.29, 0.717) is 29.5 Å². The molecule has 1 amide bonds. The Morgan fingerprint density at radius 3 is 2.58 bits per heavy atom. The van der Waals surface area contributed by atoms with Crippen molar-refractivity contribution < 1.29 is 19.0 Å². The van der Waals surface area contributed by atoms with Crippen LogP contribution < -0.4 is 14.3 Å². The summed E-state index contributed by atoms with van der Waals surface area (Å²) in [4.78, 5) is 17.2. The van der Waals surface area contributed by atoms with Crippen molar-refractivity contribution >= 4 is 27.5 Å². The average molecular weight is 372 g/mol. The molecule has 0 saturated carbocycles. The molecule has 6 nitrogen and oxygen atoms in total. The molecule has 1 heterocycles. The zero-order valence-electron chi connectivity index (χ0n) is 14.7. The minimum Gasteiger partial charge on any atom is -0.493 e. The molecular formula is C19H20N2O4S. The highest BCUT2D eigenvalue weighted by atomic mass is 32.1. The van der Waals surface area contributed by atoms with Gasteiger partial charge in [-0.2, -0.15) is 4.99 Å². The number of methoxy groups -OCH3 is 2. The predicted octanol–water partition coefficient (Wildman–Crippen LogP) is 2.86. The van der Waals surface area contributed by atoms with Crippen LogP contribution in [0.1, 0.15) is 0 Å². The molecule has 0 aliphatic rings. The first-order valence-electron chi connectivity index (χ1n) is 8.13. The van der Waals surface area contributed by atoms with Crippen molar-refractivity contribution in [3.8, 4) is 11.5 Å². The lowest BCUT2D eigenvalue weighted by molar-refractivity contribution is -0.120. The number of nitrogens with zero attached hydrogens (tertiary/aromatic N) is 2. The van der Waals surface area contributed by atoms with Crippen LogP contribution in [0.25, 0.3) is 10.2 Å². The molecule has 0 radical (unpaired) electrons. The smallest absolute Gasteiger partial charge is 0.286 e. The van der Waals surface area contributed by atoms with Crippen LogP contribution in [-0.2, 0) is 16.1 Å². The Balaban J connectivity index is 1.83. The summed E-state index contributed by atoms with van der Waals surface area (Å²) in [7, 11) is 3.21. The Labute approximate surface area is 155 Å². The minimum absolute atomic E-state index is 0.154. The summed E-state index contributed by atoms with van der Waals surface area (Å²) in [5.74, 6) is 0.744. The van der Waals surface area contributed by atoms with Crippen molar-refractivity contribution in [3.63, 3.8) is 0 Å². The molecule has 0 bridgehead atoms. The number of aromatic nitrogens is 1. The first-order chi connectivity index (χ1) is 12.7. The molecule has 136 valence electrons. The number of carbonyl (C=O) groups excluding carboxylic acids is 1. The van der Waals surface area contributed by atoms with Crippen LogP contribution in [0, 0.1) is 0 Å². The van der Waals surface area contributed by atoms with Crippen molar-refractivity contribution in [3.05, 3.63) is 53.3 Å². The summed E-state index contributed by atoms with van der Waals surface area (Å²) in [6, 6.07) is 15.2. The number of hydrogen-bond donors (Lipinski definition) is 0. The van der Waals surface area contributed by atoms with Gasteiger partial charge in [0.25, 0.3) is 5.91 Å². The third kappa shape index (κ3) is 4.12. The van der Waals surface area contributed by atoms with E-state index in [9.17, 15) is 4.79 Å². The molecule has 0 saturated heterocycles. The quantitative estimate of drug-likeness (QED) is 0.640. The van der Waals surface area contributed by atoms with Gasteiger partial charge in [0, 0.05) is 13.7 Å². The van der Waals surface area contributed by atoms with Gasteiger partial charge in [0.1, 0.15) is 0 Å². The summed E-state index contributed by atoms with van der Waals surface area (Å²) < 4.78 is 19.0. The molecule has 26 heavy (non-hydrogen) atoms. The predicted molar refractivity (Wildman–Crippen MR) is 101 cm³/mol. The zero-order chi connectivity index (χ0) is 18.4. The Kier molecular flexibility index (Phi) is 6.04. The van der Waals surface area contributed by atoms with Crippen molar-refractivity contribution in [1.29, 1.82) is 0 Å². The fourth-order valence-corrected chi connectivity index (χ4v) is 3.59. The Morgan fingerprint density at radius 2 is 1.81 bits per heavy atom. The fraction of sp³-hybridized carbons (Fsp3) is 0.263. The minimum atomic E-state index is -0.353. The molecule has 0 aliphatic heterocycles. The third-order valence-electron chi connectivity index (χ3n) is 3.75. The molecule has 7 heteroatoms. The van der Waals surface area contributed by atoms with Gasteiger partial charge < -0.3 is 18.8 Å². The number of rotatable bonds is 7. The van der Waals surface area contributed by atoms with Crippen LogP contribution in [0.15, 0.2) is 53.5 Å². The van der Waals surface area contributed by atoms with Crippen LogP contribution in [0.3, 0.4) is 0 Å². The van der Waals surface area contributed by atoms with Crippen LogP contribution in [0.4, 0.5) is 0 Å². The van der Waals surface area contributed by atoms with Gasteiger partial charge in [-0.25, -0.2) is 0 Å². The van der Waals surface area contributed by atoms with E-state index in [-0.39, 0.29) is 12.5 Å². The fourth-order valence-electron chi connectivity index (χ4n) is 2.52. The maximum atomic E-state index is 12.3. The lowest BCUT2D eigenvalue weighted by atomic mass is 10.3. The molecule has 0 unspecified atom stereocenters. The molecular weight excluding hydrogens is 352 g/mol. The largest absolute Gasteiger partial charge is 0.493 e. The van der Waals surface area contributed by atoms with Gasteiger partial charge in [0.15, 0.2) is 22.9 Å². The van der Waals surface area contributed by atoms with Gasteiger partial charge >= 0.3 is 0 Å². The Hall–Kier alpha value is -2.64. The lowest BCUT2D eigenvalue weighted by Crippen LogP contribution is -2.21. The van der Waals surface area contributed by atoms with Crippen LogP contribution in [0.2, 0.25) is 0 Å². The van der Waals surface area contributed by atoms with Gasteiger partial charge in [-0.15, -0.1) is 0 Å². The summed E-state index contributed by atoms with van der Waals surface area (Å²) in [6.07, 6.45) is 0. The van der Waals surface area contributed by atoms with Crippen LogP contribution in [-0.4, -0.2) is 37.9 Å². The molecule has 0 aliphatic carbocycles. The van der Waals surface area contributed by atoms with Crippen molar-refractivity contribution in [2.45, 2.75) is 6.54 Å². The Morgan fingerprint density at radius 1 is 1.08 bits per heavy atom. The zero-order valence-corrected chi connectivity index (χ0v) is 15.5. The van der Waals surface area contributed by atoms with Crippen molar-refractivity contribution in [1.82, 2.24) is 4.57 Å². The molecule has 0 N–H and O–H groups in total. The number of para-hydroxylation sites is 3. The van der Waals surface area contributed by atoms with Gasteiger partial charge in [0.2, 0.25) is 0 Å².